The van der Waals surface area contributed by atoms with E-state index in [1.54, 1.807) is 6.07 Å². The van der Waals surface area contributed by atoms with E-state index in [0.29, 0.717) is 17.4 Å². The van der Waals surface area contributed by atoms with E-state index in [4.69, 9.17) is 0 Å². The Balaban J connectivity index is 2.06. The number of rotatable bonds is 4. The van der Waals surface area contributed by atoms with E-state index in [1.165, 1.54) is 0 Å². The van der Waals surface area contributed by atoms with Gasteiger partial charge < -0.3 is 4.90 Å². The van der Waals surface area contributed by atoms with E-state index in [0.717, 1.165) is 30.6 Å². The average molecular weight is 282 g/mol. The second kappa shape index (κ2) is 5.61. The molecule has 1 saturated heterocycles. The normalized spacial score (nSPS) is 20.9. The Hall–Kier alpha value is -0.910. The number of hydrogen-bond acceptors (Lipinski definition) is 3. The van der Waals surface area contributed by atoms with Crippen molar-refractivity contribution in [3.05, 3.63) is 29.3 Å². The Morgan fingerprint density at radius 1 is 1.37 bits per heavy atom. The van der Waals surface area contributed by atoms with Gasteiger partial charge in [0.25, 0.3) is 0 Å². The van der Waals surface area contributed by atoms with Gasteiger partial charge >= 0.3 is 0 Å². The summed E-state index contributed by atoms with van der Waals surface area (Å²) in [5.41, 5.74) is 1.88. The number of nitrogens with one attached hydrogen (secondary N) is 1. The molecule has 0 bridgehead atoms. The summed E-state index contributed by atoms with van der Waals surface area (Å²) in [5, 5.41) is 0. The molecule has 19 heavy (non-hydrogen) atoms. The third-order valence-electron chi connectivity index (χ3n) is 3.67. The molecule has 1 N–H and O–H groups in total. The number of likely N-dealkylation sites (tertiary alicyclic amines) is 1. The molecule has 1 heterocycles. The first-order chi connectivity index (χ1) is 8.88. The van der Waals surface area contributed by atoms with Gasteiger partial charge in [-0.2, -0.15) is 0 Å². The molecule has 1 fully saturated rings. The van der Waals surface area contributed by atoms with Gasteiger partial charge in [0.15, 0.2) is 0 Å². The number of benzene rings is 1. The van der Waals surface area contributed by atoms with Crippen molar-refractivity contribution in [2.75, 3.05) is 26.7 Å². The van der Waals surface area contributed by atoms with Crippen molar-refractivity contribution in [3.63, 3.8) is 0 Å². The van der Waals surface area contributed by atoms with Crippen molar-refractivity contribution in [3.8, 4) is 0 Å². The molecule has 1 unspecified atom stereocenters. The summed E-state index contributed by atoms with van der Waals surface area (Å²) in [6.45, 7) is 6.35. The highest BCUT2D eigenvalue weighted by molar-refractivity contribution is 7.89. The first-order valence-electron chi connectivity index (χ1n) is 6.64. The molecule has 1 atom stereocenters. The van der Waals surface area contributed by atoms with E-state index in [9.17, 15) is 8.42 Å². The predicted octanol–water partition coefficient (Wildman–Crippen LogP) is 1.53. The second-order valence-corrected chi connectivity index (χ2v) is 7.27. The van der Waals surface area contributed by atoms with Gasteiger partial charge in [-0.05, 0) is 51.4 Å². The minimum absolute atomic E-state index is 0.393. The largest absolute Gasteiger partial charge is 0.306 e. The maximum absolute atomic E-state index is 12.3. The van der Waals surface area contributed by atoms with Crippen LogP contribution in [-0.4, -0.2) is 40.0 Å². The van der Waals surface area contributed by atoms with Crippen molar-refractivity contribution >= 4 is 10.0 Å². The summed E-state index contributed by atoms with van der Waals surface area (Å²) in [5.74, 6) is 0.422. The van der Waals surface area contributed by atoms with Crippen LogP contribution in [-0.2, 0) is 10.0 Å². The monoisotopic (exact) mass is 282 g/mol. The molecule has 1 aromatic carbocycles. The highest BCUT2D eigenvalue weighted by atomic mass is 32.2. The van der Waals surface area contributed by atoms with Crippen LogP contribution < -0.4 is 4.72 Å². The quantitative estimate of drug-likeness (QED) is 0.911. The zero-order chi connectivity index (χ0) is 14.0. The van der Waals surface area contributed by atoms with Crippen molar-refractivity contribution in [1.29, 1.82) is 0 Å². The summed E-state index contributed by atoms with van der Waals surface area (Å²) in [7, 11) is -1.31. The average Bonchev–Trinajstić information content (AvgIpc) is 2.72. The lowest BCUT2D eigenvalue weighted by Gasteiger charge is -2.13. The van der Waals surface area contributed by atoms with Crippen LogP contribution in [0.3, 0.4) is 0 Å². The van der Waals surface area contributed by atoms with E-state index in [-0.39, 0.29) is 0 Å². The Morgan fingerprint density at radius 3 is 2.68 bits per heavy atom. The highest BCUT2D eigenvalue weighted by Gasteiger charge is 2.23. The highest BCUT2D eigenvalue weighted by Crippen LogP contribution is 2.18. The number of nitrogens with zero attached hydrogens (tertiary/aromatic N) is 1. The molecule has 0 aromatic heterocycles. The van der Waals surface area contributed by atoms with Crippen LogP contribution in [0.2, 0.25) is 0 Å². The Bertz CT molecular complexity index is 555. The fourth-order valence-electron chi connectivity index (χ4n) is 2.60. The molecule has 4 nitrogen and oxygen atoms in total. The summed E-state index contributed by atoms with van der Waals surface area (Å²) < 4.78 is 27.3. The molecular formula is C14H22N2O2S. The number of sulfonamides is 1. The van der Waals surface area contributed by atoms with Crippen molar-refractivity contribution in [2.45, 2.75) is 25.2 Å². The SMILES string of the molecule is Cc1ccc(S(=O)(=O)NCC2CCN(C)C2)c(C)c1. The fourth-order valence-corrected chi connectivity index (χ4v) is 3.94. The lowest BCUT2D eigenvalue weighted by atomic mass is 10.1. The lowest BCUT2D eigenvalue weighted by Crippen LogP contribution is -2.31. The van der Waals surface area contributed by atoms with Crippen molar-refractivity contribution in [1.82, 2.24) is 9.62 Å². The smallest absolute Gasteiger partial charge is 0.240 e. The predicted molar refractivity (Wildman–Crippen MR) is 76.7 cm³/mol. The van der Waals surface area contributed by atoms with Gasteiger partial charge in [-0.1, -0.05) is 17.7 Å². The lowest BCUT2D eigenvalue weighted by molar-refractivity contribution is 0.394. The van der Waals surface area contributed by atoms with Crippen LogP contribution in [0.15, 0.2) is 23.1 Å². The zero-order valence-corrected chi connectivity index (χ0v) is 12.6. The van der Waals surface area contributed by atoms with Crippen LogP contribution in [0, 0.1) is 19.8 Å². The molecule has 0 radical (unpaired) electrons. The summed E-state index contributed by atoms with van der Waals surface area (Å²) >= 11 is 0. The van der Waals surface area contributed by atoms with Gasteiger partial charge in [0.1, 0.15) is 0 Å². The third-order valence-corrected chi connectivity index (χ3v) is 5.25. The molecule has 1 aromatic rings. The molecule has 5 heteroatoms. The summed E-state index contributed by atoms with van der Waals surface area (Å²) in [6.07, 6.45) is 1.06. The van der Waals surface area contributed by atoms with E-state index in [2.05, 4.69) is 16.7 Å². The van der Waals surface area contributed by atoms with Crippen LogP contribution in [0.5, 0.6) is 0 Å². The number of aryl methyl sites for hydroxylation is 2. The molecule has 2 rings (SSSR count). The summed E-state index contributed by atoms with van der Waals surface area (Å²) in [6, 6.07) is 5.43. The first-order valence-corrected chi connectivity index (χ1v) is 8.12. The van der Waals surface area contributed by atoms with Gasteiger partial charge in [-0.25, -0.2) is 13.1 Å². The van der Waals surface area contributed by atoms with E-state index >= 15 is 0 Å². The van der Waals surface area contributed by atoms with Gasteiger partial charge in [0, 0.05) is 13.1 Å². The van der Waals surface area contributed by atoms with Crippen LogP contribution in [0.4, 0.5) is 0 Å². The molecule has 1 aliphatic heterocycles. The van der Waals surface area contributed by atoms with Gasteiger partial charge in [0.05, 0.1) is 4.90 Å². The maximum Gasteiger partial charge on any atom is 0.240 e. The fraction of sp³-hybridized carbons (Fsp3) is 0.571. The number of hydrogen-bond donors (Lipinski definition) is 1. The minimum atomic E-state index is -3.38. The minimum Gasteiger partial charge on any atom is -0.306 e. The van der Waals surface area contributed by atoms with Gasteiger partial charge in [-0.3, -0.25) is 0 Å². The Morgan fingerprint density at radius 2 is 2.11 bits per heavy atom. The topological polar surface area (TPSA) is 49.4 Å². The second-order valence-electron chi connectivity index (χ2n) is 5.54. The van der Waals surface area contributed by atoms with Crippen LogP contribution >= 0.6 is 0 Å². The van der Waals surface area contributed by atoms with E-state index in [1.807, 2.05) is 26.0 Å². The molecule has 0 saturated carbocycles. The standard InChI is InChI=1S/C14H22N2O2S/c1-11-4-5-14(12(2)8-11)19(17,18)15-9-13-6-7-16(3)10-13/h4-5,8,13,15H,6-7,9-10H2,1-3H3. The zero-order valence-electron chi connectivity index (χ0n) is 11.8. The van der Waals surface area contributed by atoms with Gasteiger partial charge in [0.2, 0.25) is 10.0 Å². The maximum atomic E-state index is 12.3. The van der Waals surface area contributed by atoms with Crippen molar-refractivity contribution in [2.24, 2.45) is 5.92 Å². The van der Waals surface area contributed by atoms with Gasteiger partial charge in [-0.15, -0.1) is 0 Å². The molecule has 1 aliphatic rings. The molecule has 106 valence electrons. The molecular weight excluding hydrogens is 260 g/mol. The van der Waals surface area contributed by atoms with Crippen molar-refractivity contribution < 1.29 is 8.42 Å². The molecule has 0 amide bonds. The first kappa shape index (κ1) is 14.5. The summed E-state index contributed by atoms with van der Waals surface area (Å²) in [4.78, 5) is 2.63. The Kier molecular flexibility index (Phi) is 4.28. The van der Waals surface area contributed by atoms with Crippen LogP contribution in [0.25, 0.3) is 0 Å². The Labute approximate surface area is 115 Å². The van der Waals surface area contributed by atoms with Crippen LogP contribution in [0.1, 0.15) is 17.5 Å². The van der Waals surface area contributed by atoms with E-state index < -0.39 is 10.0 Å². The third kappa shape index (κ3) is 3.55. The molecule has 0 spiro atoms. The molecule has 0 aliphatic carbocycles.